The van der Waals surface area contributed by atoms with Crippen LogP contribution in [0.2, 0.25) is 0 Å². The van der Waals surface area contributed by atoms with E-state index < -0.39 is 0 Å². The Morgan fingerprint density at radius 1 is 1.13 bits per heavy atom. The van der Waals surface area contributed by atoms with Crippen molar-refractivity contribution in [2.24, 2.45) is 0 Å². The van der Waals surface area contributed by atoms with Gasteiger partial charge in [-0.05, 0) is 66.8 Å². The predicted octanol–water partition coefficient (Wildman–Crippen LogP) is 4.44. The van der Waals surface area contributed by atoms with Crippen LogP contribution in [0.4, 0.5) is 0 Å². The average molecular weight is 427 g/mol. The van der Waals surface area contributed by atoms with Gasteiger partial charge in [0.2, 0.25) is 11.8 Å². The molecule has 2 heterocycles. The molecule has 1 aromatic heterocycles. The summed E-state index contributed by atoms with van der Waals surface area (Å²) in [6, 6.07) is 10.0. The van der Waals surface area contributed by atoms with Gasteiger partial charge in [-0.1, -0.05) is 18.6 Å². The van der Waals surface area contributed by atoms with Crippen LogP contribution >= 0.6 is 11.3 Å². The fourth-order valence-electron chi connectivity index (χ4n) is 4.23. The highest BCUT2D eigenvalue weighted by Crippen LogP contribution is 2.25. The highest BCUT2D eigenvalue weighted by Gasteiger charge is 2.21. The van der Waals surface area contributed by atoms with Crippen molar-refractivity contribution in [3.63, 3.8) is 0 Å². The summed E-state index contributed by atoms with van der Waals surface area (Å²) in [5, 5.41) is 5.02. The van der Waals surface area contributed by atoms with E-state index >= 15 is 0 Å². The van der Waals surface area contributed by atoms with Gasteiger partial charge in [0, 0.05) is 37.4 Å². The minimum atomic E-state index is -0.0878. The second-order valence-corrected chi connectivity index (χ2v) is 9.24. The molecule has 2 aliphatic rings. The Hall–Kier alpha value is -2.34. The van der Waals surface area contributed by atoms with Crippen molar-refractivity contribution >= 4 is 23.2 Å². The predicted molar refractivity (Wildman–Crippen MR) is 118 cm³/mol. The van der Waals surface area contributed by atoms with Gasteiger partial charge in [-0.25, -0.2) is 0 Å². The zero-order chi connectivity index (χ0) is 20.8. The van der Waals surface area contributed by atoms with Crippen molar-refractivity contribution in [3.8, 4) is 5.75 Å². The molecule has 4 rings (SSSR count). The molecule has 30 heavy (non-hydrogen) atoms. The Labute approximate surface area is 182 Å². The molecule has 1 saturated carbocycles. The van der Waals surface area contributed by atoms with Crippen molar-refractivity contribution in [3.05, 3.63) is 51.7 Å². The van der Waals surface area contributed by atoms with E-state index in [9.17, 15) is 9.59 Å². The maximum atomic E-state index is 12.5. The molecule has 0 spiro atoms. The molecule has 1 aromatic carbocycles. The molecule has 0 saturated heterocycles. The number of benzene rings is 1. The summed E-state index contributed by atoms with van der Waals surface area (Å²) in [6.45, 7) is 1.88. The number of carbonyl (C=O) groups excluding carboxylic acids is 2. The third kappa shape index (κ3) is 5.63. The molecule has 0 radical (unpaired) electrons. The average Bonchev–Trinajstić information content (AvgIpc) is 3.25. The summed E-state index contributed by atoms with van der Waals surface area (Å²) >= 11 is 1.76. The first kappa shape index (κ1) is 20.9. The van der Waals surface area contributed by atoms with E-state index in [-0.39, 0.29) is 24.7 Å². The Bertz CT molecular complexity index is 873. The molecule has 0 atom stereocenters. The smallest absolute Gasteiger partial charge is 0.223 e. The number of thiophene rings is 1. The molecule has 0 bridgehead atoms. The monoisotopic (exact) mass is 426 g/mol. The normalized spacial score (nSPS) is 16.7. The largest absolute Gasteiger partial charge is 0.490 e. The molecule has 1 aliphatic carbocycles. The lowest BCUT2D eigenvalue weighted by atomic mass is 9.98. The van der Waals surface area contributed by atoms with Crippen molar-refractivity contribution in [1.82, 2.24) is 10.2 Å². The molecule has 5 nitrogen and oxygen atoms in total. The second kappa shape index (κ2) is 10.1. The Balaban J connectivity index is 1.19. The summed E-state index contributed by atoms with van der Waals surface area (Å²) in [7, 11) is 0. The van der Waals surface area contributed by atoms with E-state index in [1.165, 1.54) is 29.7 Å². The molecule has 1 aliphatic heterocycles. The summed E-state index contributed by atoms with van der Waals surface area (Å²) < 4.78 is 6.11. The summed E-state index contributed by atoms with van der Waals surface area (Å²) in [5.41, 5.74) is 2.27. The molecular weight excluding hydrogens is 396 g/mol. The minimum absolute atomic E-state index is 0.0601. The van der Waals surface area contributed by atoms with E-state index in [1.807, 2.05) is 29.2 Å². The molecule has 6 heteroatoms. The standard InChI is InChI=1S/C24H30N2O3S/c27-23(9-10-24(28)26-13-11-22-19(17-26)12-14-30-22)25-16-18-5-4-8-21(15-18)29-20-6-2-1-3-7-20/h4-5,8,12,14-15,20H,1-3,6-7,9-11,13,16-17H2,(H,25,27). The van der Waals surface area contributed by atoms with Crippen LogP contribution in [0.1, 0.15) is 60.9 Å². The first-order valence-electron chi connectivity index (χ1n) is 11.0. The van der Waals surface area contributed by atoms with Crippen molar-refractivity contribution < 1.29 is 14.3 Å². The number of hydrogen-bond acceptors (Lipinski definition) is 4. The number of carbonyl (C=O) groups is 2. The lowest BCUT2D eigenvalue weighted by molar-refractivity contribution is -0.134. The maximum absolute atomic E-state index is 12.5. The van der Waals surface area contributed by atoms with E-state index in [4.69, 9.17) is 4.74 Å². The third-order valence-electron chi connectivity index (χ3n) is 5.97. The quantitative estimate of drug-likeness (QED) is 0.712. The van der Waals surface area contributed by atoms with E-state index in [0.29, 0.717) is 19.2 Å². The fraction of sp³-hybridized carbons (Fsp3) is 0.500. The second-order valence-electron chi connectivity index (χ2n) is 8.24. The number of amides is 2. The van der Waals surface area contributed by atoms with Crippen molar-refractivity contribution in [2.45, 2.75) is 70.6 Å². The Morgan fingerprint density at radius 2 is 2.00 bits per heavy atom. The number of nitrogens with zero attached hydrogens (tertiary/aromatic N) is 1. The molecule has 1 fully saturated rings. The number of hydrogen-bond donors (Lipinski definition) is 1. The molecule has 2 aromatic rings. The Kier molecular flexibility index (Phi) is 7.05. The van der Waals surface area contributed by atoms with Gasteiger partial charge in [0.1, 0.15) is 5.75 Å². The summed E-state index contributed by atoms with van der Waals surface area (Å²) in [5.74, 6) is 0.849. The van der Waals surface area contributed by atoms with Gasteiger partial charge in [0.05, 0.1) is 6.10 Å². The van der Waals surface area contributed by atoms with Crippen LogP contribution in [0.15, 0.2) is 35.7 Å². The van der Waals surface area contributed by atoms with Crippen LogP contribution in [0, 0.1) is 0 Å². The molecule has 160 valence electrons. The first-order chi connectivity index (χ1) is 14.7. The third-order valence-corrected chi connectivity index (χ3v) is 6.99. The van der Waals surface area contributed by atoms with Crippen LogP contribution in [0.5, 0.6) is 5.75 Å². The summed E-state index contributed by atoms with van der Waals surface area (Å²) in [6.07, 6.45) is 7.76. The van der Waals surface area contributed by atoms with Gasteiger partial charge < -0.3 is 15.0 Å². The first-order valence-corrected chi connectivity index (χ1v) is 11.9. The van der Waals surface area contributed by atoms with Gasteiger partial charge in [-0.2, -0.15) is 0 Å². The van der Waals surface area contributed by atoms with Crippen molar-refractivity contribution in [1.29, 1.82) is 0 Å². The fourth-order valence-corrected chi connectivity index (χ4v) is 5.12. The van der Waals surface area contributed by atoms with Gasteiger partial charge in [-0.15, -0.1) is 11.3 Å². The number of ether oxygens (including phenoxy) is 1. The van der Waals surface area contributed by atoms with Gasteiger partial charge in [0.25, 0.3) is 0 Å². The Morgan fingerprint density at radius 3 is 2.87 bits per heavy atom. The minimum Gasteiger partial charge on any atom is -0.490 e. The maximum Gasteiger partial charge on any atom is 0.223 e. The van der Waals surface area contributed by atoms with Crippen LogP contribution < -0.4 is 10.1 Å². The van der Waals surface area contributed by atoms with E-state index in [1.54, 1.807) is 11.3 Å². The zero-order valence-electron chi connectivity index (χ0n) is 17.4. The van der Waals surface area contributed by atoms with Crippen LogP contribution in [-0.2, 0) is 29.1 Å². The lowest BCUT2D eigenvalue weighted by Gasteiger charge is -2.27. The number of rotatable bonds is 7. The van der Waals surface area contributed by atoms with Crippen LogP contribution in [0.25, 0.3) is 0 Å². The van der Waals surface area contributed by atoms with Crippen molar-refractivity contribution in [2.75, 3.05) is 6.54 Å². The topological polar surface area (TPSA) is 58.6 Å². The number of nitrogens with one attached hydrogen (secondary N) is 1. The molecule has 1 N–H and O–H groups in total. The molecule has 2 amide bonds. The molecular formula is C24H30N2O3S. The highest BCUT2D eigenvalue weighted by atomic mass is 32.1. The van der Waals surface area contributed by atoms with E-state index in [2.05, 4.69) is 16.8 Å². The SMILES string of the molecule is O=C(CCC(=O)N1CCc2sccc2C1)NCc1cccc(OC2CCCCC2)c1. The highest BCUT2D eigenvalue weighted by molar-refractivity contribution is 7.10. The van der Waals surface area contributed by atoms with Crippen LogP contribution in [0.3, 0.4) is 0 Å². The number of fused-ring (bicyclic) bond motifs is 1. The van der Waals surface area contributed by atoms with Gasteiger partial charge in [-0.3, -0.25) is 9.59 Å². The van der Waals surface area contributed by atoms with Gasteiger partial charge in [0.15, 0.2) is 0 Å². The van der Waals surface area contributed by atoms with E-state index in [0.717, 1.165) is 37.1 Å². The van der Waals surface area contributed by atoms with Crippen LogP contribution in [-0.4, -0.2) is 29.4 Å². The lowest BCUT2D eigenvalue weighted by Crippen LogP contribution is -2.36. The zero-order valence-corrected chi connectivity index (χ0v) is 18.2. The summed E-state index contributed by atoms with van der Waals surface area (Å²) in [4.78, 5) is 28.0. The molecule has 0 unspecified atom stereocenters. The van der Waals surface area contributed by atoms with Gasteiger partial charge >= 0.3 is 0 Å².